The molecule has 1 aliphatic rings. The molecule has 4 aromatic rings. The molecule has 2 heterocycles. The van der Waals surface area contributed by atoms with Crippen molar-refractivity contribution in [1.82, 2.24) is 5.32 Å². The molecular weight excluding hydrogens is 518 g/mol. The standard InChI is InChI=1S/C26H20BrNO7/c27-16-7-9-21-15(10-16)12-20(26(32)34-21)25(31)33-18-8-6-14-11-19(24(30)35-22(14)13-18)23(29)28-17-4-2-1-3-5-17/h6-13,17H,1-5H2,(H,28,29). The highest BCUT2D eigenvalue weighted by Gasteiger charge is 2.21. The zero-order chi connectivity index (χ0) is 24.5. The Morgan fingerprint density at radius 1 is 0.829 bits per heavy atom. The van der Waals surface area contributed by atoms with Gasteiger partial charge in [-0.3, -0.25) is 4.79 Å². The average molecular weight is 538 g/mol. The van der Waals surface area contributed by atoms with Crippen LogP contribution in [-0.2, 0) is 0 Å². The van der Waals surface area contributed by atoms with Gasteiger partial charge in [0.05, 0.1) is 0 Å². The predicted octanol–water partition coefficient (Wildman–Crippen LogP) is 4.94. The van der Waals surface area contributed by atoms with E-state index >= 15 is 0 Å². The Labute approximate surface area is 207 Å². The Morgan fingerprint density at radius 3 is 2.34 bits per heavy atom. The largest absolute Gasteiger partial charge is 0.423 e. The van der Waals surface area contributed by atoms with E-state index in [2.05, 4.69) is 21.2 Å². The van der Waals surface area contributed by atoms with Crippen LogP contribution in [0.15, 0.2) is 71.4 Å². The Hall–Kier alpha value is -3.72. The van der Waals surface area contributed by atoms with Crippen molar-refractivity contribution >= 4 is 49.7 Å². The predicted molar refractivity (Wildman–Crippen MR) is 132 cm³/mol. The molecule has 2 aromatic heterocycles. The summed E-state index contributed by atoms with van der Waals surface area (Å²) in [6.45, 7) is 0. The summed E-state index contributed by atoms with van der Waals surface area (Å²) >= 11 is 3.34. The van der Waals surface area contributed by atoms with E-state index in [1.165, 1.54) is 24.3 Å². The van der Waals surface area contributed by atoms with Gasteiger partial charge in [-0.2, -0.15) is 0 Å². The van der Waals surface area contributed by atoms with Gasteiger partial charge in [0.15, 0.2) is 0 Å². The van der Waals surface area contributed by atoms with Gasteiger partial charge in [-0.15, -0.1) is 0 Å². The molecule has 0 atom stereocenters. The van der Waals surface area contributed by atoms with Gasteiger partial charge in [-0.1, -0.05) is 35.2 Å². The topological polar surface area (TPSA) is 116 Å². The summed E-state index contributed by atoms with van der Waals surface area (Å²) in [6, 6.07) is 12.4. The van der Waals surface area contributed by atoms with Crippen LogP contribution in [0.5, 0.6) is 5.75 Å². The van der Waals surface area contributed by atoms with Gasteiger partial charge in [0, 0.05) is 27.4 Å². The Bertz CT molecular complexity index is 1580. The van der Waals surface area contributed by atoms with Crippen molar-refractivity contribution < 1.29 is 23.2 Å². The lowest BCUT2D eigenvalue weighted by Gasteiger charge is -2.22. The van der Waals surface area contributed by atoms with Crippen LogP contribution in [0, 0.1) is 0 Å². The second-order valence-electron chi connectivity index (χ2n) is 8.47. The number of benzene rings is 2. The van der Waals surface area contributed by atoms with Crippen molar-refractivity contribution in [3.05, 3.63) is 85.0 Å². The molecule has 1 N–H and O–H groups in total. The first-order chi connectivity index (χ1) is 16.9. The summed E-state index contributed by atoms with van der Waals surface area (Å²) in [4.78, 5) is 50.0. The van der Waals surface area contributed by atoms with Crippen molar-refractivity contribution in [1.29, 1.82) is 0 Å². The van der Waals surface area contributed by atoms with Gasteiger partial charge in [0.2, 0.25) is 0 Å². The molecule has 178 valence electrons. The number of rotatable bonds is 4. The minimum atomic E-state index is -0.911. The molecule has 1 amide bonds. The fourth-order valence-corrected chi connectivity index (χ4v) is 4.60. The second-order valence-corrected chi connectivity index (χ2v) is 9.39. The molecule has 0 bridgehead atoms. The van der Waals surface area contributed by atoms with Crippen molar-refractivity contribution in [3.63, 3.8) is 0 Å². The number of hydrogen-bond acceptors (Lipinski definition) is 7. The van der Waals surface area contributed by atoms with Crippen LogP contribution >= 0.6 is 15.9 Å². The van der Waals surface area contributed by atoms with Crippen LogP contribution in [-0.4, -0.2) is 17.9 Å². The van der Waals surface area contributed by atoms with Crippen LogP contribution in [0.25, 0.3) is 21.9 Å². The lowest BCUT2D eigenvalue weighted by Crippen LogP contribution is -2.38. The summed E-state index contributed by atoms with van der Waals surface area (Å²) in [7, 11) is 0. The van der Waals surface area contributed by atoms with Gasteiger partial charge in [0.25, 0.3) is 5.91 Å². The molecule has 9 heteroatoms. The molecule has 0 aliphatic heterocycles. The maximum Gasteiger partial charge on any atom is 0.351 e. The van der Waals surface area contributed by atoms with E-state index in [0.29, 0.717) is 16.4 Å². The third kappa shape index (κ3) is 4.90. The maximum absolute atomic E-state index is 12.7. The molecule has 1 fully saturated rings. The normalized spacial score (nSPS) is 14.2. The number of carbonyl (C=O) groups excluding carboxylic acids is 2. The number of carbonyl (C=O) groups is 2. The summed E-state index contributed by atoms with van der Waals surface area (Å²) < 4.78 is 16.6. The SMILES string of the molecule is O=C(NC1CCCCC1)c1cc2ccc(OC(=O)c3cc4cc(Br)ccc4oc3=O)cc2oc1=O. The average Bonchev–Trinajstić information content (AvgIpc) is 2.84. The molecule has 2 aromatic carbocycles. The minimum absolute atomic E-state index is 0.0574. The minimum Gasteiger partial charge on any atom is -0.423 e. The summed E-state index contributed by atoms with van der Waals surface area (Å²) in [5, 5.41) is 3.95. The molecule has 0 radical (unpaired) electrons. The monoisotopic (exact) mass is 537 g/mol. The Morgan fingerprint density at radius 2 is 1.54 bits per heavy atom. The number of nitrogens with one attached hydrogen (secondary N) is 1. The second kappa shape index (κ2) is 9.50. The Kier molecular flexibility index (Phi) is 6.25. The molecule has 0 spiro atoms. The highest BCUT2D eigenvalue weighted by atomic mass is 79.9. The smallest absolute Gasteiger partial charge is 0.351 e. The molecule has 1 saturated carbocycles. The third-order valence-corrected chi connectivity index (χ3v) is 6.51. The molecule has 5 rings (SSSR count). The molecule has 8 nitrogen and oxygen atoms in total. The summed E-state index contributed by atoms with van der Waals surface area (Å²) in [5.41, 5.74) is -1.48. The highest BCUT2D eigenvalue weighted by molar-refractivity contribution is 9.10. The van der Waals surface area contributed by atoms with Gasteiger partial charge in [0.1, 0.15) is 28.0 Å². The number of amides is 1. The van der Waals surface area contributed by atoms with E-state index in [-0.39, 0.29) is 28.5 Å². The van der Waals surface area contributed by atoms with Crippen molar-refractivity contribution in [2.75, 3.05) is 0 Å². The van der Waals surface area contributed by atoms with Crippen LogP contribution in [0.3, 0.4) is 0 Å². The Balaban J connectivity index is 1.38. The van der Waals surface area contributed by atoms with Crippen molar-refractivity contribution in [2.24, 2.45) is 0 Å². The first-order valence-electron chi connectivity index (χ1n) is 11.2. The fourth-order valence-electron chi connectivity index (χ4n) is 4.22. The van der Waals surface area contributed by atoms with Crippen LogP contribution in [0.2, 0.25) is 0 Å². The van der Waals surface area contributed by atoms with Gasteiger partial charge < -0.3 is 18.9 Å². The highest BCUT2D eigenvalue weighted by Crippen LogP contribution is 2.23. The zero-order valence-electron chi connectivity index (χ0n) is 18.5. The van der Waals surface area contributed by atoms with Gasteiger partial charge in [-0.05, 0) is 55.3 Å². The number of fused-ring (bicyclic) bond motifs is 2. The first kappa shape index (κ1) is 23.0. The number of ether oxygens (including phenoxy) is 1. The van der Waals surface area contributed by atoms with Crippen LogP contribution < -0.4 is 21.3 Å². The van der Waals surface area contributed by atoms with Gasteiger partial charge >= 0.3 is 17.2 Å². The molecule has 0 saturated heterocycles. The van der Waals surface area contributed by atoms with E-state index in [1.807, 2.05) is 0 Å². The van der Waals surface area contributed by atoms with E-state index in [1.54, 1.807) is 24.3 Å². The molecule has 0 unspecified atom stereocenters. The fraction of sp³-hybridized carbons (Fsp3) is 0.231. The molecule has 1 aliphatic carbocycles. The van der Waals surface area contributed by atoms with E-state index < -0.39 is 23.1 Å². The summed E-state index contributed by atoms with van der Waals surface area (Å²) in [6.07, 6.45) is 5.05. The van der Waals surface area contributed by atoms with E-state index in [9.17, 15) is 19.2 Å². The van der Waals surface area contributed by atoms with Crippen LogP contribution in [0.4, 0.5) is 0 Å². The van der Waals surface area contributed by atoms with Crippen LogP contribution in [0.1, 0.15) is 52.8 Å². The molecule has 35 heavy (non-hydrogen) atoms. The van der Waals surface area contributed by atoms with Crippen molar-refractivity contribution in [2.45, 2.75) is 38.1 Å². The van der Waals surface area contributed by atoms with Crippen molar-refractivity contribution in [3.8, 4) is 5.75 Å². The van der Waals surface area contributed by atoms with E-state index in [0.717, 1.165) is 36.6 Å². The third-order valence-electron chi connectivity index (χ3n) is 6.02. The number of esters is 1. The lowest BCUT2D eigenvalue weighted by molar-refractivity contribution is 0.0730. The zero-order valence-corrected chi connectivity index (χ0v) is 20.1. The van der Waals surface area contributed by atoms with Gasteiger partial charge in [-0.25, -0.2) is 14.4 Å². The molecular formula is C26H20BrNO7. The van der Waals surface area contributed by atoms with E-state index in [4.69, 9.17) is 13.6 Å². The first-order valence-corrected chi connectivity index (χ1v) is 12.0. The summed E-state index contributed by atoms with van der Waals surface area (Å²) in [5.74, 6) is -1.30. The number of hydrogen-bond donors (Lipinski definition) is 1. The maximum atomic E-state index is 12.7. The quantitative estimate of drug-likeness (QED) is 0.222. The lowest BCUT2D eigenvalue weighted by atomic mass is 9.95. The number of halogens is 1.